The maximum atomic E-state index is 12.5. The van der Waals surface area contributed by atoms with Gasteiger partial charge in [0.2, 0.25) is 5.91 Å². The Balaban J connectivity index is 2.22. The topological polar surface area (TPSA) is 64.3 Å². The number of rotatable bonds is 5. The lowest BCUT2D eigenvalue weighted by Crippen LogP contribution is -2.45. The molecule has 110 valence electrons. The van der Waals surface area contributed by atoms with Crippen LogP contribution in [0.3, 0.4) is 0 Å². The number of ether oxygens (including phenoxy) is 1. The van der Waals surface area contributed by atoms with Crippen LogP contribution < -0.4 is 11.1 Å². The summed E-state index contributed by atoms with van der Waals surface area (Å²) in [5.41, 5.74) is 7.52. The Labute approximate surface area is 124 Å². The Morgan fingerprint density at radius 3 is 2.43 bits per heavy atom. The average Bonchev–Trinajstić information content (AvgIpc) is 2.50. The average molecular weight is 284 g/mol. The lowest BCUT2D eigenvalue weighted by Gasteiger charge is -2.24. The van der Waals surface area contributed by atoms with E-state index in [1.54, 1.807) is 14.0 Å². The molecule has 0 aliphatic rings. The Hall–Kier alpha value is -2.17. The maximum Gasteiger partial charge on any atom is 0.248 e. The minimum atomic E-state index is -1.10. The van der Waals surface area contributed by atoms with Gasteiger partial charge in [0, 0.05) is 18.4 Å². The van der Waals surface area contributed by atoms with Crippen LogP contribution in [0, 0.1) is 0 Å². The molecule has 1 amide bonds. The van der Waals surface area contributed by atoms with Crippen molar-refractivity contribution in [1.29, 1.82) is 0 Å². The van der Waals surface area contributed by atoms with Gasteiger partial charge in [-0.3, -0.25) is 4.79 Å². The Kier molecular flexibility index (Phi) is 4.73. The molecule has 3 N–H and O–H groups in total. The number of para-hydroxylation sites is 1. The molecule has 4 heteroatoms. The Morgan fingerprint density at radius 1 is 1.14 bits per heavy atom. The van der Waals surface area contributed by atoms with Crippen LogP contribution in [0.25, 0.3) is 0 Å². The van der Waals surface area contributed by atoms with E-state index >= 15 is 0 Å². The van der Waals surface area contributed by atoms with Crippen LogP contribution in [0.4, 0.5) is 5.69 Å². The van der Waals surface area contributed by atoms with Crippen molar-refractivity contribution in [3.8, 4) is 0 Å². The Bertz CT molecular complexity index is 609. The molecule has 21 heavy (non-hydrogen) atoms. The third-order valence-electron chi connectivity index (χ3n) is 3.41. The zero-order valence-electron chi connectivity index (χ0n) is 12.3. The van der Waals surface area contributed by atoms with Crippen LogP contribution in [-0.2, 0) is 21.7 Å². The molecule has 0 aliphatic carbocycles. The molecule has 0 saturated heterocycles. The molecule has 0 fully saturated rings. The van der Waals surface area contributed by atoms with Gasteiger partial charge in [0.05, 0.1) is 6.61 Å². The van der Waals surface area contributed by atoms with Crippen molar-refractivity contribution in [2.75, 3.05) is 12.4 Å². The summed E-state index contributed by atoms with van der Waals surface area (Å²) in [4.78, 5) is 12.5. The predicted molar refractivity (Wildman–Crippen MR) is 83.8 cm³/mol. The van der Waals surface area contributed by atoms with Crippen LogP contribution in [0.15, 0.2) is 54.6 Å². The number of hydrogen-bond donors (Lipinski definition) is 2. The number of anilines is 1. The molecule has 0 spiro atoms. The summed E-state index contributed by atoms with van der Waals surface area (Å²) < 4.78 is 5.14. The third kappa shape index (κ3) is 3.48. The zero-order chi connectivity index (χ0) is 15.3. The normalized spacial score (nSPS) is 13.5. The molecule has 1 unspecified atom stereocenters. The lowest BCUT2D eigenvalue weighted by atomic mass is 9.92. The molecule has 2 aromatic carbocycles. The van der Waals surface area contributed by atoms with E-state index in [1.807, 2.05) is 54.6 Å². The van der Waals surface area contributed by atoms with Gasteiger partial charge in [0.1, 0.15) is 5.54 Å². The van der Waals surface area contributed by atoms with Gasteiger partial charge < -0.3 is 15.8 Å². The van der Waals surface area contributed by atoms with Crippen molar-refractivity contribution in [1.82, 2.24) is 0 Å². The van der Waals surface area contributed by atoms with Gasteiger partial charge in [0.15, 0.2) is 0 Å². The zero-order valence-corrected chi connectivity index (χ0v) is 12.3. The second kappa shape index (κ2) is 6.52. The summed E-state index contributed by atoms with van der Waals surface area (Å²) in [6.45, 7) is 2.14. The van der Waals surface area contributed by atoms with E-state index in [0.29, 0.717) is 6.61 Å². The summed E-state index contributed by atoms with van der Waals surface area (Å²) in [5, 5.41) is 2.89. The number of benzene rings is 2. The first-order valence-electron chi connectivity index (χ1n) is 6.78. The lowest BCUT2D eigenvalue weighted by molar-refractivity contribution is -0.120. The standard InChI is InChI=1S/C17H20N2O2/c1-17(18,14-9-4-3-5-10-14)16(20)19-15-11-7-6-8-13(15)12-21-2/h3-11H,12,18H2,1-2H3,(H,19,20). The van der Waals surface area contributed by atoms with Crippen molar-refractivity contribution in [3.05, 3.63) is 65.7 Å². The minimum absolute atomic E-state index is 0.253. The second-order valence-corrected chi connectivity index (χ2v) is 5.11. The van der Waals surface area contributed by atoms with Gasteiger partial charge in [-0.15, -0.1) is 0 Å². The molecule has 2 rings (SSSR count). The highest BCUT2D eigenvalue weighted by molar-refractivity contribution is 5.98. The van der Waals surface area contributed by atoms with Crippen LogP contribution in [-0.4, -0.2) is 13.0 Å². The molecular weight excluding hydrogens is 264 g/mol. The van der Waals surface area contributed by atoms with Crippen molar-refractivity contribution in [2.24, 2.45) is 5.73 Å². The largest absolute Gasteiger partial charge is 0.380 e. The first-order valence-corrected chi connectivity index (χ1v) is 6.78. The number of amides is 1. The highest BCUT2D eigenvalue weighted by Crippen LogP contribution is 2.22. The molecular formula is C17H20N2O2. The molecule has 4 nitrogen and oxygen atoms in total. The van der Waals surface area contributed by atoms with E-state index < -0.39 is 5.54 Å². The van der Waals surface area contributed by atoms with E-state index in [0.717, 1.165) is 16.8 Å². The number of nitrogens with one attached hydrogen (secondary N) is 1. The van der Waals surface area contributed by atoms with Gasteiger partial charge in [-0.1, -0.05) is 48.5 Å². The minimum Gasteiger partial charge on any atom is -0.380 e. The third-order valence-corrected chi connectivity index (χ3v) is 3.41. The number of hydrogen-bond acceptors (Lipinski definition) is 3. The number of nitrogens with two attached hydrogens (primary N) is 1. The quantitative estimate of drug-likeness (QED) is 0.887. The fourth-order valence-electron chi connectivity index (χ4n) is 2.09. The summed E-state index contributed by atoms with van der Waals surface area (Å²) in [6, 6.07) is 16.8. The van der Waals surface area contributed by atoms with E-state index in [2.05, 4.69) is 5.32 Å². The van der Waals surface area contributed by atoms with Crippen molar-refractivity contribution in [2.45, 2.75) is 19.1 Å². The molecule has 0 aliphatic heterocycles. The highest BCUT2D eigenvalue weighted by atomic mass is 16.5. The molecule has 0 saturated carbocycles. The number of methoxy groups -OCH3 is 1. The first kappa shape index (κ1) is 15.2. The molecule has 2 aromatic rings. The second-order valence-electron chi connectivity index (χ2n) is 5.11. The van der Waals surface area contributed by atoms with Crippen LogP contribution in [0.2, 0.25) is 0 Å². The SMILES string of the molecule is COCc1ccccc1NC(=O)C(C)(N)c1ccccc1. The maximum absolute atomic E-state index is 12.5. The summed E-state index contributed by atoms with van der Waals surface area (Å²) in [7, 11) is 1.62. The number of carbonyl (C=O) groups is 1. The monoisotopic (exact) mass is 284 g/mol. The molecule has 0 aromatic heterocycles. The summed E-state index contributed by atoms with van der Waals surface area (Å²) in [6.07, 6.45) is 0. The van der Waals surface area contributed by atoms with Crippen LogP contribution >= 0.6 is 0 Å². The van der Waals surface area contributed by atoms with Gasteiger partial charge in [-0.25, -0.2) is 0 Å². The van der Waals surface area contributed by atoms with E-state index in [9.17, 15) is 4.79 Å². The highest BCUT2D eigenvalue weighted by Gasteiger charge is 2.30. The van der Waals surface area contributed by atoms with E-state index in [4.69, 9.17) is 10.5 Å². The van der Waals surface area contributed by atoms with Gasteiger partial charge in [-0.05, 0) is 18.6 Å². The summed E-state index contributed by atoms with van der Waals surface area (Å²) >= 11 is 0. The van der Waals surface area contributed by atoms with Crippen molar-refractivity contribution < 1.29 is 9.53 Å². The van der Waals surface area contributed by atoms with Crippen LogP contribution in [0.5, 0.6) is 0 Å². The van der Waals surface area contributed by atoms with Crippen LogP contribution in [0.1, 0.15) is 18.1 Å². The van der Waals surface area contributed by atoms with E-state index in [-0.39, 0.29) is 5.91 Å². The van der Waals surface area contributed by atoms with Crippen molar-refractivity contribution >= 4 is 11.6 Å². The molecule has 0 heterocycles. The molecule has 1 atom stereocenters. The number of carbonyl (C=O) groups excluding carboxylic acids is 1. The fourth-order valence-corrected chi connectivity index (χ4v) is 2.09. The molecule has 0 radical (unpaired) electrons. The van der Waals surface area contributed by atoms with Gasteiger partial charge in [0.25, 0.3) is 0 Å². The Morgan fingerprint density at radius 2 is 1.76 bits per heavy atom. The predicted octanol–water partition coefficient (Wildman–Crippen LogP) is 2.65. The molecule has 0 bridgehead atoms. The first-order chi connectivity index (χ1) is 10.1. The van der Waals surface area contributed by atoms with Crippen molar-refractivity contribution in [3.63, 3.8) is 0 Å². The van der Waals surface area contributed by atoms with Gasteiger partial charge in [-0.2, -0.15) is 0 Å². The smallest absolute Gasteiger partial charge is 0.248 e. The fraction of sp³-hybridized carbons (Fsp3) is 0.235. The van der Waals surface area contributed by atoms with Gasteiger partial charge >= 0.3 is 0 Å². The van der Waals surface area contributed by atoms with E-state index in [1.165, 1.54) is 0 Å². The summed E-state index contributed by atoms with van der Waals surface area (Å²) in [5.74, 6) is -0.253.